The Balaban J connectivity index is 1.83. The van der Waals surface area contributed by atoms with E-state index in [9.17, 15) is 19.2 Å². The second-order valence-corrected chi connectivity index (χ2v) is 10.7. The van der Waals surface area contributed by atoms with Crippen molar-refractivity contribution in [3.8, 4) is 11.5 Å². The molecule has 0 spiro atoms. The Morgan fingerprint density at radius 1 is 1.12 bits per heavy atom. The van der Waals surface area contributed by atoms with Gasteiger partial charge in [-0.3, -0.25) is 19.2 Å². The van der Waals surface area contributed by atoms with Crippen molar-refractivity contribution in [3.63, 3.8) is 0 Å². The van der Waals surface area contributed by atoms with Gasteiger partial charge < -0.3 is 29.9 Å². The molecule has 2 aromatic rings. The molecule has 0 aromatic heterocycles. The molecule has 0 bridgehead atoms. The summed E-state index contributed by atoms with van der Waals surface area (Å²) in [6, 6.07) is 11.6. The SMILES string of the molecule is CCN1CCOc2ccccc2C(=O)N[C@H](C(=O)N(C)CCOc2ccc(Cl)cc2)CC(=O)N[C@H](CC(C)C)C1=O. The van der Waals surface area contributed by atoms with Crippen LogP contribution in [0.3, 0.4) is 0 Å². The Hall–Kier alpha value is -3.79. The highest BCUT2D eigenvalue weighted by Gasteiger charge is 2.31. The third-order valence-electron chi connectivity index (χ3n) is 6.66. The number of fused-ring (bicyclic) bond motifs is 1. The number of halogens is 1. The summed E-state index contributed by atoms with van der Waals surface area (Å²) in [5, 5.41) is 6.11. The molecular weight excluding hydrogens is 548 g/mol. The first-order valence-corrected chi connectivity index (χ1v) is 14.2. The van der Waals surface area contributed by atoms with Crippen molar-refractivity contribution in [1.29, 1.82) is 0 Å². The molecule has 0 unspecified atom stereocenters. The van der Waals surface area contributed by atoms with E-state index in [-0.39, 0.29) is 43.6 Å². The van der Waals surface area contributed by atoms with Crippen LogP contribution in [0.5, 0.6) is 11.5 Å². The molecule has 0 saturated heterocycles. The molecule has 3 rings (SSSR count). The van der Waals surface area contributed by atoms with E-state index in [1.165, 1.54) is 4.90 Å². The van der Waals surface area contributed by atoms with Gasteiger partial charge in [-0.05, 0) is 55.7 Å². The standard InChI is InChI=1S/C30H39ClN4O6/c1-5-35-15-17-41-26-9-7-6-8-23(26)28(37)33-25(19-27(36)32-24(30(35)39)18-20(2)3)29(38)34(4)14-16-40-22-12-10-21(31)11-13-22/h6-13,20,24-25H,5,14-19H2,1-4H3,(H,32,36)(H,33,37)/t24-,25+/m1/s1. The van der Waals surface area contributed by atoms with E-state index in [1.54, 1.807) is 60.5 Å². The first-order valence-electron chi connectivity index (χ1n) is 13.8. The van der Waals surface area contributed by atoms with E-state index in [0.29, 0.717) is 36.0 Å². The van der Waals surface area contributed by atoms with Crippen LogP contribution in [0.15, 0.2) is 48.5 Å². The van der Waals surface area contributed by atoms with Crippen molar-refractivity contribution in [1.82, 2.24) is 20.4 Å². The van der Waals surface area contributed by atoms with Gasteiger partial charge in [-0.25, -0.2) is 0 Å². The Bertz CT molecular complexity index is 1210. The van der Waals surface area contributed by atoms with Crippen LogP contribution in [0.25, 0.3) is 0 Å². The molecule has 0 radical (unpaired) electrons. The zero-order chi connectivity index (χ0) is 29.9. The normalized spacial score (nSPS) is 18.5. The highest BCUT2D eigenvalue weighted by Crippen LogP contribution is 2.20. The van der Waals surface area contributed by atoms with E-state index >= 15 is 0 Å². The third-order valence-corrected chi connectivity index (χ3v) is 6.91. The minimum atomic E-state index is -1.18. The molecule has 41 heavy (non-hydrogen) atoms. The van der Waals surface area contributed by atoms with Gasteiger partial charge in [0.25, 0.3) is 5.91 Å². The maximum absolute atomic E-state index is 13.5. The van der Waals surface area contributed by atoms with Crippen LogP contribution in [-0.2, 0) is 14.4 Å². The Morgan fingerprint density at radius 3 is 2.51 bits per heavy atom. The fourth-order valence-electron chi connectivity index (χ4n) is 4.47. The van der Waals surface area contributed by atoms with E-state index in [1.807, 2.05) is 20.8 Å². The molecule has 2 atom stereocenters. The minimum absolute atomic E-state index is 0.133. The average molecular weight is 587 g/mol. The number of rotatable bonds is 8. The van der Waals surface area contributed by atoms with Crippen LogP contribution in [0, 0.1) is 5.92 Å². The molecule has 0 fully saturated rings. The molecule has 1 aliphatic rings. The second kappa shape index (κ2) is 15.3. The summed E-state index contributed by atoms with van der Waals surface area (Å²) in [7, 11) is 1.57. The zero-order valence-corrected chi connectivity index (χ0v) is 24.8. The van der Waals surface area contributed by atoms with Crippen LogP contribution in [-0.4, -0.2) is 85.4 Å². The van der Waals surface area contributed by atoms with Gasteiger partial charge in [0.05, 0.1) is 25.1 Å². The van der Waals surface area contributed by atoms with Crippen molar-refractivity contribution >= 4 is 35.2 Å². The van der Waals surface area contributed by atoms with E-state index in [2.05, 4.69) is 10.6 Å². The van der Waals surface area contributed by atoms with Crippen LogP contribution in [0.1, 0.15) is 44.0 Å². The maximum Gasteiger partial charge on any atom is 0.255 e. The molecule has 11 heteroatoms. The van der Waals surface area contributed by atoms with Gasteiger partial charge >= 0.3 is 0 Å². The first-order chi connectivity index (χ1) is 19.6. The number of carbonyl (C=O) groups excluding carboxylic acids is 4. The van der Waals surface area contributed by atoms with Crippen molar-refractivity contribution in [2.24, 2.45) is 5.92 Å². The number of nitrogens with one attached hydrogen (secondary N) is 2. The highest BCUT2D eigenvalue weighted by molar-refractivity contribution is 6.30. The van der Waals surface area contributed by atoms with Crippen molar-refractivity contribution in [2.75, 3.05) is 39.9 Å². The van der Waals surface area contributed by atoms with Gasteiger partial charge in [-0.2, -0.15) is 0 Å². The number of hydrogen-bond acceptors (Lipinski definition) is 6. The lowest BCUT2D eigenvalue weighted by atomic mass is 10.0. The molecular formula is C30H39ClN4O6. The summed E-state index contributed by atoms with van der Waals surface area (Å²) in [6.07, 6.45) is 0.0850. The molecule has 0 aliphatic carbocycles. The average Bonchev–Trinajstić information content (AvgIpc) is 2.94. The van der Waals surface area contributed by atoms with Gasteiger partial charge in [0.1, 0.15) is 36.8 Å². The maximum atomic E-state index is 13.5. The molecule has 1 aliphatic heterocycles. The molecule has 2 aromatic carbocycles. The van der Waals surface area contributed by atoms with Gasteiger partial charge in [0.2, 0.25) is 17.7 Å². The summed E-state index contributed by atoms with van der Waals surface area (Å²) >= 11 is 5.91. The van der Waals surface area contributed by atoms with Crippen LogP contribution < -0.4 is 20.1 Å². The molecule has 4 amide bonds. The first kappa shape index (κ1) is 31.7. The Morgan fingerprint density at radius 2 is 1.83 bits per heavy atom. The third kappa shape index (κ3) is 9.38. The van der Waals surface area contributed by atoms with Gasteiger partial charge in [0.15, 0.2) is 0 Å². The predicted octanol–water partition coefficient (Wildman–Crippen LogP) is 3.14. The Labute approximate surface area is 246 Å². The summed E-state index contributed by atoms with van der Waals surface area (Å²) in [5.41, 5.74) is 0.226. The van der Waals surface area contributed by atoms with E-state index in [0.717, 1.165) is 0 Å². The Kier molecular flexibility index (Phi) is 11.8. The number of para-hydroxylation sites is 1. The van der Waals surface area contributed by atoms with Gasteiger partial charge in [-0.15, -0.1) is 0 Å². The second-order valence-electron chi connectivity index (χ2n) is 10.3. The lowest BCUT2D eigenvalue weighted by Crippen LogP contribution is -2.54. The number of ether oxygens (including phenoxy) is 2. The molecule has 0 saturated carbocycles. The summed E-state index contributed by atoms with van der Waals surface area (Å²) in [6.45, 7) is 7.06. The largest absolute Gasteiger partial charge is 0.492 e. The van der Waals surface area contributed by atoms with Crippen LogP contribution >= 0.6 is 11.6 Å². The highest BCUT2D eigenvalue weighted by atomic mass is 35.5. The van der Waals surface area contributed by atoms with Gasteiger partial charge in [0, 0.05) is 18.6 Å². The van der Waals surface area contributed by atoms with E-state index < -0.39 is 29.8 Å². The monoisotopic (exact) mass is 586 g/mol. The minimum Gasteiger partial charge on any atom is -0.492 e. The summed E-state index contributed by atoms with van der Waals surface area (Å²) in [4.78, 5) is 56.5. The number of hydrogen-bond donors (Lipinski definition) is 2. The smallest absolute Gasteiger partial charge is 0.255 e. The molecule has 222 valence electrons. The predicted molar refractivity (Wildman–Crippen MR) is 156 cm³/mol. The number of nitrogens with zero attached hydrogens (tertiary/aromatic N) is 2. The molecule has 10 nitrogen and oxygen atoms in total. The lowest BCUT2D eigenvalue weighted by molar-refractivity contribution is -0.138. The van der Waals surface area contributed by atoms with Crippen LogP contribution in [0.2, 0.25) is 5.02 Å². The summed E-state index contributed by atoms with van der Waals surface area (Å²) < 4.78 is 11.6. The number of amides is 4. The number of benzene rings is 2. The molecule has 1 heterocycles. The quantitative estimate of drug-likeness (QED) is 0.491. The zero-order valence-electron chi connectivity index (χ0n) is 24.0. The number of likely N-dealkylation sites (N-methyl/N-ethyl adjacent to an activating group) is 2. The van der Waals surface area contributed by atoms with Crippen LogP contribution in [0.4, 0.5) is 0 Å². The van der Waals surface area contributed by atoms with Gasteiger partial charge in [-0.1, -0.05) is 37.6 Å². The van der Waals surface area contributed by atoms with E-state index in [4.69, 9.17) is 21.1 Å². The molecule has 2 N–H and O–H groups in total. The fourth-order valence-corrected chi connectivity index (χ4v) is 4.59. The number of carbonyl (C=O) groups is 4. The van der Waals surface area contributed by atoms with Crippen molar-refractivity contribution in [3.05, 3.63) is 59.1 Å². The lowest BCUT2D eigenvalue weighted by Gasteiger charge is -2.29. The topological polar surface area (TPSA) is 117 Å². The summed E-state index contributed by atoms with van der Waals surface area (Å²) in [5.74, 6) is -0.687. The fraction of sp³-hybridized carbons (Fsp3) is 0.467. The van der Waals surface area contributed by atoms with Crippen molar-refractivity contribution in [2.45, 2.75) is 45.7 Å². The van der Waals surface area contributed by atoms with Crippen molar-refractivity contribution < 1.29 is 28.7 Å².